The summed E-state index contributed by atoms with van der Waals surface area (Å²) < 4.78 is 9.38. The van der Waals surface area contributed by atoms with E-state index in [9.17, 15) is 65.4 Å². The summed E-state index contributed by atoms with van der Waals surface area (Å²) in [6.07, 6.45) is 0. The summed E-state index contributed by atoms with van der Waals surface area (Å²) in [5.41, 5.74) is 16.8. The number of aromatic nitrogens is 5. The second kappa shape index (κ2) is 30.4. The number of nitrogens with two attached hydrogens (primary N) is 1. The van der Waals surface area contributed by atoms with Gasteiger partial charge in [-0.05, 0) is 42.5 Å². The maximum Gasteiger partial charge on any atom is 0.340 e. The van der Waals surface area contributed by atoms with E-state index >= 15 is 0 Å². The largest absolute Gasteiger partial charge is 0.465 e. The van der Waals surface area contributed by atoms with Crippen LogP contribution in [-0.4, -0.2) is 86.1 Å². The Morgan fingerprint density at radius 2 is 0.579 bits per heavy atom. The van der Waals surface area contributed by atoms with Crippen molar-refractivity contribution in [2.75, 3.05) is 20.0 Å². The number of esters is 2. The number of nitrogens with zero attached hydrogens (tertiary/aromatic N) is 4. The van der Waals surface area contributed by atoms with Gasteiger partial charge in [0, 0.05) is 153 Å². The van der Waals surface area contributed by atoms with Crippen LogP contribution in [0, 0.1) is 40.5 Å². The monoisotopic (exact) mass is 1310 g/mol. The maximum absolute atomic E-state index is 11.8. The molecule has 10 aromatic rings. The van der Waals surface area contributed by atoms with E-state index in [1.165, 1.54) is 62.8 Å². The molecule has 5 heterocycles. The molecule has 0 amide bonds. The van der Waals surface area contributed by atoms with E-state index in [-0.39, 0.29) is 103 Å². The molecule has 0 spiro atoms. The third-order valence-corrected chi connectivity index (χ3v) is 15.1. The molecular weight excluding hydrogens is 1220 g/mol. The second-order valence-electron chi connectivity index (χ2n) is 27.3. The zero-order chi connectivity index (χ0) is 69.1. The van der Waals surface area contributed by atoms with Crippen LogP contribution in [-0.2, 0) is 56.4 Å². The van der Waals surface area contributed by atoms with E-state index < -0.39 is 31.6 Å². The molecule has 25 nitrogen and oxygen atoms in total. The second-order valence-corrected chi connectivity index (χ2v) is 27.3. The van der Waals surface area contributed by atoms with Crippen molar-refractivity contribution in [3.05, 3.63) is 188 Å². The van der Waals surface area contributed by atoms with Crippen LogP contribution in [0.15, 0.2) is 91.0 Å². The van der Waals surface area contributed by atoms with Gasteiger partial charge in [0.1, 0.15) is 0 Å². The highest BCUT2D eigenvalue weighted by Crippen LogP contribution is 2.36. The Hall–Kier alpha value is -9.98. The lowest BCUT2D eigenvalue weighted by Crippen LogP contribution is -2.11. The molecule has 5 aromatic heterocycles. The van der Waals surface area contributed by atoms with Crippen LogP contribution in [0.3, 0.4) is 0 Å². The van der Waals surface area contributed by atoms with Crippen molar-refractivity contribution in [2.24, 2.45) is 0 Å². The Kier molecular flexibility index (Phi) is 25.4. The van der Waals surface area contributed by atoms with Crippen LogP contribution in [0.25, 0.3) is 54.5 Å². The number of carbonyl (C=O) groups excluding carboxylic acids is 2. The van der Waals surface area contributed by atoms with E-state index in [1.54, 1.807) is 0 Å². The van der Waals surface area contributed by atoms with Gasteiger partial charge >= 0.3 is 11.9 Å². The lowest BCUT2D eigenvalue weighted by atomic mass is 9.92. The van der Waals surface area contributed by atoms with Crippen molar-refractivity contribution in [2.45, 2.75) is 173 Å². The van der Waals surface area contributed by atoms with Gasteiger partial charge in [-0.2, -0.15) is 0 Å². The summed E-state index contributed by atoms with van der Waals surface area (Å²) >= 11 is 0. The summed E-state index contributed by atoms with van der Waals surface area (Å²) in [6.45, 7) is 30.5. The molecule has 0 saturated heterocycles. The fourth-order valence-electron chi connectivity index (χ4n) is 9.76. The van der Waals surface area contributed by atoms with Crippen LogP contribution >= 0.6 is 0 Å². The molecule has 10 N–H and O–H groups in total. The van der Waals surface area contributed by atoms with Gasteiger partial charge in [0.25, 0.3) is 22.7 Å². The highest BCUT2D eigenvalue weighted by Gasteiger charge is 2.27. The Morgan fingerprint density at radius 3 is 0.800 bits per heavy atom. The van der Waals surface area contributed by atoms with Crippen molar-refractivity contribution in [1.82, 2.24) is 24.9 Å². The number of nitrogens with one attached hydrogen (secondary N) is 5. The number of nitro groups is 4. The molecule has 95 heavy (non-hydrogen) atoms. The number of non-ortho nitro benzene ring substituents is 4. The SMILES string of the molecule is C.C.C.CC(C)(C)c1cc2cc(N)cc(CO)c2[nH]1.CC(C)(C)c1cc2cc([N+](=O)[O-])cc(CO)c2[nH]1.CC(C)(C)c1cc2cc([N+](=O)[O-])cc(CO)c2[nH]1.COC(=O)c1cc([N+](=O)[O-])cc2cc(C(C)(C)C)[nH]c12.COC(=O)c1cc([N+](=O)[O-])cc2cc(C(C)(C)C)[nH]c12. The number of nitrogen functional groups attached to an aromatic ring is 1. The molecule has 0 unspecified atom stereocenters. The van der Waals surface area contributed by atoms with Crippen molar-refractivity contribution < 1.29 is 54.1 Å². The molecule has 0 saturated carbocycles. The Balaban J connectivity index is 0.000000308. The topological polar surface area (TPSA) is 391 Å². The van der Waals surface area contributed by atoms with Crippen LogP contribution < -0.4 is 5.73 Å². The van der Waals surface area contributed by atoms with Gasteiger partial charge in [0.15, 0.2) is 0 Å². The number of anilines is 1. The van der Waals surface area contributed by atoms with Gasteiger partial charge in [-0.1, -0.05) is 126 Å². The number of hydrogen-bond acceptors (Lipinski definition) is 16. The lowest BCUT2D eigenvalue weighted by molar-refractivity contribution is -0.385. The highest BCUT2D eigenvalue weighted by atomic mass is 16.6. The van der Waals surface area contributed by atoms with Gasteiger partial charge < -0.3 is 55.4 Å². The molecule has 25 heteroatoms. The third kappa shape index (κ3) is 18.7. The predicted octanol–water partition coefficient (Wildman–Crippen LogP) is 16.5. The highest BCUT2D eigenvalue weighted by molar-refractivity contribution is 6.05. The quantitative estimate of drug-likeness (QED) is 0.0280. The maximum atomic E-state index is 11.8. The molecule has 0 aliphatic rings. The summed E-state index contributed by atoms with van der Waals surface area (Å²) in [7, 11) is 2.50. The number of benzene rings is 5. The van der Waals surface area contributed by atoms with E-state index in [4.69, 9.17) is 15.2 Å². The average Bonchev–Trinajstić information content (AvgIpc) is 1.69. The summed E-state index contributed by atoms with van der Waals surface area (Å²) in [6, 6.07) is 24.6. The number of aromatic amines is 5. The van der Waals surface area contributed by atoms with Gasteiger partial charge in [-0.3, -0.25) is 40.5 Å². The predicted molar refractivity (Wildman–Crippen MR) is 377 cm³/mol. The molecule has 5 aromatic carbocycles. The number of fused-ring (bicyclic) bond motifs is 5. The summed E-state index contributed by atoms with van der Waals surface area (Å²) in [5, 5.41) is 75.3. The number of H-pyrrole nitrogens is 5. The van der Waals surface area contributed by atoms with Gasteiger partial charge in [-0.25, -0.2) is 9.59 Å². The van der Waals surface area contributed by atoms with Crippen LogP contribution in [0.4, 0.5) is 28.4 Å². The molecule has 0 radical (unpaired) electrons. The number of aliphatic hydroxyl groups excluding tert-OH is 3. The summed E-state index contributed by atoms with van der Waals surface area (Å²) in [4.78, 5) is 81.4. The minimum absolute atomic E-state index is 0. The number of ether oxygens (including phenoxy) is 2. The molecule has 0 aliphatic carbocycles. The van der Waals surface area contributed by atoms with Crippen molar-refractivity contribution in [3.8, 4) is 0 Å². The third-order valence-electron chi connectivity index (χ3n) is 15.1. The Bertz CT molecular complexity index is 4200. The first-order chi connectivity index (χ1) is 42.5. The van der Waals surface area contributed by atoms with Crippen LogP contribution in [0.5, 0.6) is 0 Å². The molecular formula is C70H94N10O15. The minimum Gasteiger partial charge on any atom is -0.465 e. The van der Waals surface area contributed by atoms with Gasteiger partial charge in [-0.15, -0.1) is 0 Å². The number of aliphatic hydroxyl groups is 3. The van der Waals surface area contributed by atoms with E-state index in [2.05, 4.69) is 93.3 Å². The van der Waals surface area contributed by atoms with Crippen LogP contribution in [0.2, 0.25) is 0 Å². The molecule has 0 atom stereocenters. The fraction of sp³-hybridized carbons (Fsp3) is 0.400. The van der Waals surface area contributed by atoms with E-state index in [0.29, 0.717) is 38.6 Å². The average molecular weight is 1320 g/mol. The Morgan fingerprint density at radius 1 is 0.368 bits per heavy atom. The smallest absolute Gasteiger partial charge is 0.340 e. The number of rotatable bonds is 9. The van der Waals surface area contributed by atoms with Crippen molar-refractivity contribution in [1.29, 1.82) is 0 Å². The first kappa shape index (κ1) is 79.3. The first-order valence-electron chi connectivity index (χ1n) is 29.2. The normalized spacial score (nSPS) is 11.5. The zero-order valence-corrected chi connectivity index (χ0v) is 54.9. The van der Waals surface area contributed by atoms with E-state index in [1.807, 2.05) is 77.9 Å². The van der Waals surface area contributed by atoms with E-state index in [0.717, 1.165) is 66.7 Å². The molecule has 514 valence electrons. The zero-order valence-electron chi connectivity index (χ0n) is 54.9. The summed E-state index contributed by atoms with van der Waals surface area (Å²) in [5.74, 6) is -1.19. The molecule has 10 rings (SSSR count). The molecule has 0 aliphatic heterocycles. The fourth-order valence-corrected chi connectivity index (χ4v) is 9.76. The van der Waals surface area contributed by atoms with Gasteiger partial charge in [0.2, 0.25) is 0 Å². The first-order valence-corrected chi connectivity index (χ1v) is 29.2. The Labute approximate surface area is 552 Å². The van der Waals surface area contributed by atoms with Gasteiger partial charge in [0.05, 0.1) is 92.4 Å². The number of methoxy groups -OCH3 is 2. The molecule has 0 fully saturated rings. The number of carbonyl (C=O) groups is 2. The minimum atomic E-state index is -0.596. The van der Waals surface area contributed by atoms with Crippen molar-refractivity contribution >= 4 is 94.9 Å². The standard InChI is InChI=1S/2C14H16N2O4.2C13H16N2O3.C13H18N2O.3CH4/c2*1-14(2,3)11-6-8-5-9(16(18)19)7-10(12(8)15-11)13(17)20-4;2*1-13(2,3)11-6-8-4-10(15(17)18)5-9(7-16)12(8)14-11;1-13(2,3)11-6-8-4-10(14)5-9(7-16)12(8)15-11;;;/h2*5-7,15H,1-4H3;2*4-6,14,16H,7H2,1-3H3;4-6,15-16H,7,14H2,1-3H3;3*1H4. The lowest BCUT2D eigenvalue weighted by Gasteiger charge is -2.15. The number of hydrogen-bond donors (Lipinski definition) is 9. The molecule has 0 bridgehead atoms. The number of nitro benzene ring substituents is 4. The van der Waals surface area contributed by atoms with Crippen molar-refractivity contribution in [3.63, 3.8) is 0 Å². The van der Waals surface area contributed by atoms with Crippen LogP contribution in [0.1, 0.15) is 192 Å².